The maximum atomic E-state index is 13.3. The Morgan fingerprint density at radius 2 is 2.17 bits per heavy atom. The molecular formula is C12H17ClFNO3. The lowest BCUT2D eigenvalue weighted by Crippen LogP contribution is -2.20. The van der Waals surface area contributed by atoms with E-state index in [9.17, 15) is 9.18 Å². The molecule has 1 atom stereocenters. The normalized spacial score (nSPS) is 11.3. The smallest absolute Gasteiger partial charge is 0.311 e. The van der Waals surface area contributed by atoms with E-state index in [-0.39, 0.29) is 31.5 Å². The Morgan fingerprint density at radius 1 is 1.50 bits per heavy atom. The van der Waals surface area contributed by atoms with E-state index in [0.29, 0.717) is 11.3 Å². The van der Waals surface area contributed by atoms with Gasteiger partial charge in [0.15, 0.2) is 0 Å². The van der Waals surface area contributed by atoms with Crippen LogP contribution in [0.5, 0.6) is 5.75 Å². The molecular weight excluding hydrogens is 261 g/mol. The maximum absolute atomic E-state index is 13.3. The molecule has 102 valence electrons. The highest BCUT2D eigenvalue weighted by molar-refractivity contribution is 5.85. The maximum Gasteiger partial charge on any atom is 0.311 e. The Hall–Kier alpha value is -1.33. The van der Waals surface area contributed by atoms with Gasteiger partial charge in [-0.1, -0.05) is 6.07 Å². The highest BCUT2D eigenvalue weighted by Gasteiger charge is 2.14. The molecule has 6 heteroatoms. The molecule has 0 heterocycles. The van der Waals surface area contributed by atoms with Gasteiger partial charge in [0.05, 0.1) is 13.0 Å². The topological polar surface area (TPSA) is 61.5 Å². The van der Waals surface area contributed by atoms with Crippen LogP contribution in [-0.4, -0.2) is 19.7 Å². The Morgan fingerprint density at radius 3 is 2.67 bits per heavy atom. The summed E-state index contributed by atoms with van der Waals surface area (Å²) in [5.41, 5.74) is 5.77. The molecule has 4 nitrogen and oxygen atoms in total. The van der Waals surface area contributed by atoms with E-state index in [2.05, 4.69) is 4.74 Å². The van der Waals surface area contributed by atoms with E-state index < -0.39 is 11.7 Å². The number of esters is 1. The number of hydrogen-bond acceptors (Lipinski definition) is 4. The van der Waals surface area contributed by atoms with Gasteiger partial charge in [-0.3, -0.25) is 4.79 Å². The Kier molecular flexibility index (Phi) is 7.31. The average molecular weight is 278 g/mol. The predicted octanol–water partition coefficient (Wildman–Crippen LogP) is 1.89. The molecule has 0 bridgehead atoms. The average Bonchev–Trinajstić information content (AvgIpc) is 2.35. The number of ether oxygens (including phenoxy) is 2. The van der Waals surface area contributed by atoms with Gasteiger partial charge in [-0.05, 0) is 13.0 Å². The highest BCUT2D eigenvalue weighted by atomic mass is 35.5. The first-order chi connectivity index (χ1) is 8.08. The van der Waals surface area contributed by atoms with Crippen LogP contribution < -0.4 is 10.5 Å². The standard InChI is InChI=1S/C12H16FNO3.ClH/c1-8(12(15)16-2)7-17-10-4-3-9(6-14)11(13)5-10;/h3-5,8H,6-7,14H2,1-2H3;1H/t8-;/m0./s1. The van der Waals surface area contributed by atoms with Gasteiger partial charge < -0.3 is 15.2 Å². The lowest BCUT2D eigenvalue weighted by molar-refractivity contribution is -0.145. The van der Waals surface area contributed by atoms with Crippen molar-refractivity contribution in [2.75, 3.05) is 13.7 Å². The fraction of sp³-hybridized carbons (Fsp3) is 0.417. The third kappa shape index (κ3) is 4.50. The number of halogens is 2. The van der Waals surface area contributed by atoms with Crippen LogP contribution in [0.25, 0.3) is 0 Å². The first-order valence-electron chi connectivity index (χ1n) is 5.27. The fourth-order valence-corrected chi connectivity index (χ4v) is 1.27. The van der Waals surface area contributed by atoms with E-state index >= 15 is 0 Å². The number of hydrogen-bond donors (Lipinski definition) is 1. The van der Waals surface area contributed by atoms with E-state index in [1.807, 2.05) is 0 Å². The van der Waals surface area contributed by atoms with Crippen molar-refractivity contribution in [2.24, 2.45) is 11.7 Å². The SMILES string of the molecule is COC(=O)[C@@H](C)COc1ccc(CN)c(F)c1.Cl. The molecule has 0 aliphatic carbocycles. The molecule has 1 aromatic carbocycles. The lowest BCUT2D eigenvalue weighted by Gasteiger charge is -2.11. The van der Waals surface area contributed by atoms with Gasteiger partial charge in [0.1, 0.15) is 18.2 Å². The zero-order valence-electron chi connectivity index (χ0n) is 10.3. The third-order valence-electron chi connectivity index (χ3n) is 2.35. The fourth-order valence-electron chi connectivity index (χ4n) is 1.27. The number of rotatable bonds is 5. The summed E-state index contributed by atoms with van der Waals surface area (Å²) in [6.45, 7) is 1.97. The summed E-state index contributed by atoms with van der Waals surface area (Å²) in [6, 6.07) is 4.44. The van der Waals surface area contributed by atoms with E-state index in [0.717, 1.165) is 0 Å². The van der Waals surface area contributed by atoms with Crippen molar-refractivity contribution in [3.63, 3.8) is 0 Å². The van der Waals surface area contributed by atoms with Gasteiger partial charge in [-0.2, -0.15) is 0 Å². The lowest BCUT2D eigenvalue weighted by atomic mass is 10.2. The summed E-state index contributed by atoms with van der Waals surface area (Å²) in [5.74, 6) is -0.785. The van der Waals surface area contributed by atoms with Gasteiger partial charge in [-0.25, -0.2) is 4.39 Å². The van der Waals surface area contributed by atoms with Crippen LogP contribution in [-0.2, 0) is 16.1 Å². The van der Waals surface area contributed by atoms with Gasteiger partial charge in [0.2, 0.25) is 0 Å². The second-order valence-corrected chi connectivity index (χ2v) is 3.69. The summed E-state index contributed by atoms with van der Waals surface area (Å²) in [7, 11) is 1.31. The molecule has 2 N–H and O–H groups in total. The molecule has 0 spiro atoms. The van der Waals surface area contributed by atoms with Crippen LogP contribution in [0.1, 0.15) is 12.5 Å². The molecule has 0 unspecified atom stereocenters. The second-order valence-electron chi connectivity index (χ2n) is 3.69. The number of methoxy groups -OCH3 is 1. The molecule has 1 rings (SSSR count). The highest BCUT2D eigenvalue weighted by Crippen LogP contribution is 2.17. The molecule has 0 amide bonds. The summed E-state index contributed by atoms with van der Waals surface area (Å²) >= 11 is 0. The minimum atomic E-state index is -0.407. The minimum absolute atomic E-state index is 0. The molecule has 0 saturated carbocycles. The van der Waals surface area contributed by atoms with Crippen LogP contribution in [0.4, 0.5) is 4.39 Å². The quantitative estimate of drug-likeness (QED) is 0.835. The third-order valence-corrected chi connectivity index (χ3v) is 2.35. The second kappa shape index (κ2) is 7.89. The minimum Gasteiger partial charge on any atom is -0.493 e. The Bertz CT molecular complexity index is 401. The predicted molar refractivity (Wildman–Crippen MR) is 68.2 cm³/mol. The molecule has 18 heavy (non-hydrogen) atoms. The zero-order valence-corrected chi connectivity index (χ0v) is 11.1. The van der Waals surface area contributed by atoms with E-state index in [1.165, 1.54) is 13.2 Å². The molecule has 0 fully saturated rings. The summed E-state index contributed by atoms with van der Waals surface area (Å²) in [5, 5.41) is 0. The Labute approximate surface area is 112 Å². The number of nitrogens with two attached hydrogens (primary N) is 1. The number of benzene rings is 1. The molecule has 1 aromatic rings. The van der Waals surface area contributed by atoms with Crippen LogP contribution >= 0.6 is 12.4 Å². The largest absolute Gasteiger partial charge is 0.493 e. The van der Waals surface area contributed by atoms with Crippen molar-refractivity contribution in [3.8, 4) is 5.75 Å². The van der Waals surface area contributed by atoms with Crippen LogP contribution in [0.2, 0.25) is 0 Å². The van der Waals surface area contributed by atoms with Gasteiger partial charge >= 0.3 is 5.97 Å². The van der Waals surface area contributed by atoms with Gasteiger partial charge in [-0.15, -0.1) is 12.4 Å². The van der Waals surface area contributed by atoms with Gasteiger partial charge in [0.25, 0.3) is 0 Å². The van der Waals surface area contributed by atoms with Crippen molar-refractivity contribution in [3.05, 3.63) is 29.6 Å². The van der Waals surface area contributed by atoms with Crippen molar-refractivity contribution >= 4 is 18.4 Å². The van der Waals surface area contributed by atoms with Crippen molar-refractivity contribution in [1.82, 2.24) is 0 Å². The summed E-state index contributed by atoms with van der Waals surface area (Å²) in [4.78, 5) is 11.1. The van der Waals surface area contributed by atoms with Crippen LogP contribution in [0.15, 0.2) is 18.2 Å². The van der Waals surface area contributed by atoms with Crippen molar-refractivity contribution < 1.29 is 18.7 Å². The molecule has 0 aromatic heterocycles. The van der Waals surface area contributed by atoms with Gasteiger partial charge in [0, 0.05) is 18.2 Å². The zero-order chi connectivity index (χ0) is 12.8. The van der Waals surface area contributed by atoms with E-state index in [4.69, 9.17) is 10.5 Å². The first kappa shape index (κ1) is 16.7. The summed E-state index contributed by atoms with van der Waals surface area (Å²) < 4.78 is 23.2. The summed E-state index contributed by atoms with van der Waals surface area (Å²) in [6.07, 6.45) is 0. The molecule has 0 saturated heterocycles. The van der Waals surface area contributed by atoms with Crippen LogP contribution in [0.3, 0.4) is 0 Å². The van der Waals surface area contributed by atoms with Crippen molar-refractivity contribution in [1.29, 1.82) is 0 Å². The van der Waals surface area contributed by atoms with E-state index in [1.54, 1.807) is 19.1 Å². The first-order valence-corrected chi connectivity index (χ1v) is 5.27. The monoisotopic (exact) mass is 277 g/mol. The van der Waals surface area contributed by atoms with Crippen molar-refractivity contribution in [2.45, 2.75) is 13.5 Å². The number of carbonyl (C=O) groups is 1. The molecule has 0 aliphatic rings. The Balaban J connectivity index is 0.00000289. The van der Waals surface area contributed by atoms with Crippen LogP contribution in [0, 0.1) is 11.7 Å². The molecule has 0 radical (unpaired) electrons. The molecule has 0 aliphatic heterocycles. The number of carbonyl (C=O) groups excluding carboxylic acids is 1.